The Hall–Kier alpha value is -3.71. The van der Waals surface area contributed by atoms with E-state index in [0.29, 0.717) is 23.9 Å². The van der Waals surface area contributed by atoms with Crippen molar-refractivity contribution in [1.29, 1.82) is 0 Å². The number of esters is 2. The van der Waals surface area contributed by atoms with E-state index in [9.17, 15) is 34.4 Å². The molecule has 0 aliphatic rings. The highest BCUT2D eigenvalue weighted by molar-refractivity contribution is 7.45. The molecule has 1 unspecified atom stereocenters. The second kappa shape index (κ2) is 39.8. The van der Waals surface area contributed by atoms with Crippen molar-refractivity contribution in [1.82, 2.24) is 0 Å². The van der Waals surface area contributed by atoms with E-state index in [0.717, 1.165) is 57.8 Å². The number of aliphatic hydroxyl groups is 3. The summed E-state index contributed by atoms with van der Waals surface area (Å²) in [7, 11) is 0.902. The van der Waals surface area contributed by atoms with Gasteiger partial charge in [0.25, 0.3) is 7.82 Å². The van der Waals surface area contributed by atoms with Crippen molar-refractivity contribution in [2.24, 2.45) is 0 Å². The summed E-state index contributed by atoms with van der Waals surface area (Å²) < 4.78 is 33.6. The molecule has 0 aliphatic heterocycles. The predicted octanol–water partition coefficient (Wildman–Crippen LogP) is 9.19. The zero-order valence-electron chi connectivity index (χ0n) is 38.8. The highest BCUT2D eigenvalue weighted by atomic mass is 31.2. The number of carbonyl (C=O) groups excluding carboxylic acids is 2. The number of quaternary nitrogens is 1. The van der Waals surface area contributed by atoms with Crippen LogP contribution in [0, 0.1) is 0 Å². The molecule has 5 atom stereocenters. The number of nitrogens with zero attached hydrogens (tertiary/aromatic N) is 1. The topological polar surface area (TPSA) is 172 Å². The summed E-state index contributed by atoms with van der Waals surface area (Å²) >= 11 is 0. The predicted molar refractivity (Wildman–Crippen MR) is 253 cm³/mol. The second-order valence-electron chi connectivity index (χ2n) is 15.9. The molecule has 356 valence electrons. The Balaban J connectivity index is 4.75. The van der Waals surface area contributed by atoms with Crippen LogP contribution in [0.3, 0.4) is 0 Å². The first-order chi connectivity index (χ1) is 30.2. The molecule has 0 radical (unpaired) electrons. The number of carbonyl (C=O) groups is 2. The molecule has 0 rings (SSSR count). The summed E-state index contributed by atoms with van der Waals surface area (Å²) in [5.74, 6) is -1.22. The van der Waals surface area contributed by atoms with Crippen molar-refractivity contribution in [3.63, 3.8) is 0 Å². The minimum atomic E-state index is -4.74. The number of ether oxygens (including phenoxy) is 2. The van der Waals surface area contributed by atoms with Crippen molar-refractivity contribution in [3.8, 4) is 0 Å². The first kappa shape index (κ1) is 59.3. The standard InChI is InChI=1S/C50H80NO11P/c1-6-8-10-11-12-13-14-15-16-17-18-19-20-21-22-23-24-29-33-39-49(55)59-43-46(44-61-63(57,58)60-42-41-51(3,4)5)62-50(56)40-34-38-48(54)47(53)37-32-28-26-25-27-31-36-45(52)35-30-9-7-2/h8-10,12-13,15-16,18-19,21-22,25-28,30-32,36-37,45-48,52-54H,6-7,11,14,17,20,23-24,29,33-35,38-44H2,1-5H3/b10-8-,13-12-,16-15-,19-18-,22-21-,27-25+,28-26-,30-9-,36-31+,37-32-/t45-,46+,47+,48+/m0/s1. The van der Waals surface area contributed by atoms with E-state index in [1.165, 1.54) is 6.08 Å². The molecule has 0 aromatic carbocycles. The van der Waals surface area contributed by atoms with Crippen molar-refractivity contribution in [3.05, 3.63) is 122 Å². The van der Waals surface area contributed by atoms with E-state index in [4.69, 9.17) is 18.5 Å². The van der Waals surface area contributed by atoms with E-state index in [-0.39, 0.29) is 32.3 Å². The van der Waals surface area contributed by atoms with Gasteiger partial charge in [0.15, 0.2) is 6.10 Å². The first-order valence-electron chi connectivity index (χ1n) is 22.6. The van der Waals surface area contributed by atoms with Crippen LogP contribution in [0.15, 0.2) is 122 Å². The Kier molecular flexibility index (Phi) is 37.5. The van der Waals surface area contributed by atoms with Crippen LogP contribution in [0.25, 0.3) is 0 Å². The largest absolute Gasteiger partial charge is 0.756 e. The third kappa shape index (κ3) is 42.0. The molecule has 0 fully saturated rings. The Labute approximate surface area is 379 Å². The number of unbranched alkanes of at least 4 members (excludes halogenated alkanes) is 3. The fraction of sp³-hybridized carbons (Fsp3) is 0.560. The van der Waals surface area contributed by atoms with Crippen molar-refractivity contribution >= 4 is 19.8 Å². The normalized spacial score (nSPS) is 16.1. The molecule has 0 aromatic heterocycles. The van der Waals surface area contributed by atoms with Gasteiger partial charge in [0, 0.05) is 12.8 Å². The molecule has 12 nitrogen and oxygen atoms in total. The van der Waals surface area contributed by atoms with Crippen molar-refractivity contribution < 1.29 is 57.4 Å². The van der Waals surface area contributed by atoms with Gasteiger partial charge in [-0.1, -0.05) is 142 Å². The average molecular weight is 902 g/mol. The molecule has 13 heteroatoms. The van der Waals surface area contributed by atoms with Gasteiger partial charge in [-0.05, 0) is 77.0 Å². The molecule has 0 spiro atoms. The fourth-order valence-electron chi connectivity index (χ4n) is 5.20. The van der Waals surface area contributed by atoms with Gasteiger partial charge in [0.05, 0.1) is 46.1 Å². The minimum Gasteiger partial charge on any atom is -0.756 e. The lowest BCUT2D eigenvalue weighted by Crippen LogP contribution is -2.37. The molecule has 0 aromatic rings. The Morgan fingerprint density at radius 3 is 1.78 bits per heavy atom. The summed E-state index contributed by atoms with van der Waals surface area (Å²) in [6.45, 7) is 3.44. The summed E-state index contributed by atoms with van der Waals surface area (Å²) in [4.78, 5) is 37.6. The third-order valence-electron chi connectivity index (χ3n) is 8.82. The smallest absolute Gasteiger partial charge is 0.306 e. The van der Waals surface area contributed by atoms with Crippen LogP contribution in [0.2, 0.25) is 0 Å². The molecular weight excluding hydrogens is 822 g/mol. The molecule has 63 heavy (non-hydrogen) atoms. The van der Waals surface area contributed by atoms with E-state index in [1.807, 2.05) is 40.2 Å². The maximum atomic E-state index is 12.7. The number of likely N-dealkylation sites (N-methyl/N-ethyl adjacent to an activating group) is 1. The maximum Gasteiger partial charge on any atom is 0.306 e. The molecule has 0 saturated carbocycles. The monoisotopic (exact) mass is 902 g/mol. The average Bonchev–Trinajstić information content (AvgIpc) is 3.23. The second-order valence-corrected chi connectivity index (χ2v) is 17.3. The van der Waals surface area contributed by atoms with Crippen LogP contribution in [0.1, 0.15) is 110 Å². The van der Waals surface area contributed by atoms with E-state index >= 15 is 0 Å². The summed E-state index contributed by atoms with van der Waals surface area (Å²) in [5, 5.41) is 30.5. The summed E-state index contributed by atoms with van der Waals surface area (Å²) in [6.07, 6.45) is 44.6. The third-order valence-corrected chi connectivity index (χ3v) is 9.78. The van der Waals surface area contributed by atoms with Crippen molar-refractivity contribution in [2.45, 2.75) is 135 Å². The Morgan fingerprint density at radius 1 is 0.635 bits per heavy atom. The molecule has 0 aliphatic carbocycles. The van der Waals surface area contributed by atoms with Crippen LogP contribution < -0.4 is 4.89 Å². The van der Waals surface area contributed by atoms with E-state index in [2.05, 4.69) is 67.7 Å². The van der Waals surface area contributed by atoms with Gasteiger partial charge in [0.2, 0.25) is 0 Å². The van der Waals surface area contributed by atoms with Gasteiger partial charge in [0.1, 0.15) is 19.8 Å². The van der Waals surface area contributed by atoms with Gasteiger partial charge in [-0.25, -0.2) is 0 Å². The number of hydrogen-bond donors (Lipinski definition) is 3. The minimum absolute atomic E-state index is 0.0813. The Morgan fingerprint density at radius 2 is 1.17 bits per heavy atom. The lowest BCUT2D eigenvalue weighted by atomic mass is 10.1. The van der Waals surface area contributed by atoms with Crippen LogP contribution in [0.4, 0.5) is 0 Å². The highest BCUT2D eigenvalue weighted by Crippen LogP contribution is 2.38. The Bertz CT molecular complexity index is 1530. The van der Waals surface area contributed by atoms with Crippen molar-refractivity contribution in [2.75, 3.05) is 47.5 Å². The number of phosphoric acid groups is 1. The quantitative estimate of drug-likeness (QED) is 0.0135. The van der Waals surface area contributed by atoms with Gasteiger partial charge in [-0.3, -0.25) is 14.2 Å². The molecule has 0 heterocycles. The molecule has 0 saturated heterocycles. The van der Waals surface area contributed by atoms with Gasteiger partial charge in [-0.2, -0.15) is 0 Å². The van der Waals surface area contributed by atoms with E-state index < -0.39 is 57.4 Å². The molecule has 3 N–H and O–H groups in total. The van der Waals surface area contributed by atoms with Crippen LogP contribution in [-0.2, 0) is 32.7 Å². The summed E-state index contributed by atoms with van der Waals surface area (Å²) in [6, 6.07) is 0. The number of hydrogen-bond acceptors (Lipinski definition) is 11. The number of rotatable bonds is 38. The fourth-order valence-corrected chi connectivity index (χ4v) is 5.93. The first-order valence-corrected chi connectivity index (χ1v) is 24.0. The van der Waals surface area contributed by atoms with Gasteiger partial charge in [-0.15, -0.1) is 0 Å². The molecular formula is C50H80NO11P. The van der Waals surface area contributed by atoms with Gasteiger partial charge >= 0.3 is 11.9 Å². The van der Waals surface area contributed by atoms with Crippen LogP contribution in [-0.4, -0.2) is 104 Å². The number of phosphoric ester groups is 1. The zero-order valence-corrected chi connectivity index (χ0v) is 39.7. The number of allylic oxidation sites excluding steroid dienone is 17. The van der Waals surface area contributed by atoms with Crippen LogP contribution >= 0.6 is 7.82 Å². The molecule has 0 amide bonds. The van der Waals surface area contributed by atoms with Gasteiger partial charge < -0.3 is 43.2 Å². The zero-order chi connectivity index (χ0) is 46.9. The lowest BCUT2D eigenvalue weighted by Gasteiger charge is -2.28. The SMILES string of the molecule is CC/C=C\C/C=C\C/C=C\C/C=C\C/C=C\CCCCCC(=O)OC[C@H](COP(=O)([O-])OCC[N+](C)(C)C)OC(=O)CCC[C@@H](O)[C@H](O)\C=C/C=C\C=C\C=C\[C@@H](O)C/C=C\CC. The number of aliphatic hydroxyl groups excluding tert-OH is 3. The summed E-state index contributed by atoms with van der Waals surface area (Å²) in [5.41, 5.74) is 0. The molecule has 0 bridgehead atoms. The van der Waals surface area contributed by atoms with Crippen LogP contribution in [0.5, 0.6) is 0 Å². The highest BCUT2D eigenvalue weighted by Gasteiger charge is 2.22. The lowest BCUT2D eigenvalue weighted by molar-refractivity contribution is -0.870. The maximum absolute atomic E-state index is 12.7. The van der Waals surface area contributed by atoms with E-state index in [1.54, 1.807) is 42.5 Å².